The van der Waals surface area contributed by atoms with Crippen LogP contribution in [0.2, 0.25) is 0 Å². The third-order valence-corrected chi connectivity index (χ3v) is 13.1. The van der Waals surface area contributed by atoms with E-state index in [-0.39, 0.29) is 49.6 Å². The van der Waals surface area contributed by atoms with E-state index in [1.807, 2.05) is 42.5 Å². The molecule has 9 atom stereocenters. The fourth-order valence-corrected chi connectivity index (χ4v) is 9.79. The summed E-state index contributed by atoms with van der Waals surface area (Å²) in [7, 11) is 0. The van der Waals surface area contributed by atoms with Gasteiger partial charge in [-0.1, -0.05) is 99.4 Å². The van der Waals surface area contributed by atoms with Crippen LogP contribution in [0.5, 0.6) is 5.75 Å². The molecule has 2 aliphatic heterocycles. The Bertz CT molecular complexity index is 1860. The number of allylic oxidation sites excluding steroid dienone is 2. The molecule has 0 bridgehead atoms. The van der Waals surface area contributed by atoms with E-state index in [1.165, 1.54) is 0 Å². The van der Waals surface area contributed by atoms with Crippen LogP contribution in [-0.4, -0.2) is 96.9 Å². The summed E-state index contributed by atoms with van der Waals surface area (Å²) in [4.78, 5) is 12.0. The fraction of sp³-hybridized carbons (Fsp3) is 0.588. The molecule has 2 aromatic rings. The topological polar surface area (TPSA) is 183 Å². The zero-order valence-corrected chi connectivity index (χ0v) is 36.4. The second-order valence-electron chi connectivity index (χ2n) is 17.9. The molecule has 0 amide bonds. The van der Waals surface area contributed by atoms with Gasteiger partial charge in [0.05, 0.1) is 36.4 Å². The molecule has 3 aliphatic rings. The summed E-state index contributed by atoms with van der Waals surface area (Å²) in [6.45, 7) is 3.75. The maximum Gasteiger partial charge on any atom is 0.303 e. The van der Waals surface area contributed by atoms with Crippen molar-refractivity contribution in [3.05, 3.63) is 100 Å². The highest BCUT2D eigenvalue weighted by molar-refractivity contribution is 5.67. The Balaban J connectivity index is 1.65. The second kappa shape index (κ2) is 24.2. The summed E-state index contributed by atoms with van der Waals surface area (Å²) in [5.41, 5.74) is 4.01. The van der Waals surface area contributed by atoms with Crippen LogP contribution >= 0.6 is 0 Å². The van der Waals surface area contributed by atoms with E-state index < -0.39 is 48.4 Å². The highest BCUT2D eigenvalue weighted by atomic mass is 16.4. The molecule has 334 valence electrons. The van der Waals surface area contributed by atoms with E-state index in [1.54, 1.807) is 12.1 Å². The third kappa shape index (κ3) is 14.4. The first kappa shape index (κ1) is 48.2. The molecule has 0 saturated carbocycles. The lowest BCUT2D eigenvalue weighted by atomic mass is 9.73. The highest BCUT2D eigenvalue weighted by Gasteiger charge is 2.44. The molecular formula is C51H72N2O8. The van der Waals surface area contributed by atoms with Gasteiger partial charge in [-0.2, -0.15) is 0 Å². The quantitative estimate of drug-likeness (QED) is 0.0435. The largest absolute Gasteiger partial charge is 0.508 e. The smallest absolute Gasteiger partial charge is 0.303 e. The van der Waals surface area contributed by atoms with Crippen LogP contribution in [0.1, 0.15) is 126 Å². The van der Waals surface area contributed by atoms with E-state index in [0.717, 1.165) is 78.3 Å². The van der Waals surface area contributed by atoms with Gasteiger partial charge in [0.15, 0.2) is 0 Å². The number of benzene rings is 2. The number of carboxylic acids is 1. The number of aromatic hydroxyl groups is 1. The normalized spacial score (nSPS) is 28.0. The lowest BCUT2D eigenvalue weighted by molar-refractivity contribution is -0.138. The zero-order valence-electron chi connectivity index (χ0n) is 36.4. The Labute approximate surface area is 363 Å². The molecule has 1 aliphatic carbocycles. The summed E-state index contributed by atoms with van der Waals surface area (Å²) in [5.74, 6) is 5.87. The van der Waals surface area contributed by atoms with Gasteiger partial charge in [0.25, 0.3) is 0 Å². The number of hydrogen-bond acceptors (Lipinski definition) is 9. The van der Waals surface area contributed by atoms with Crippen LogP contribution in [0, 0.1) is 23.7 Å². The first-order valence-corrected chi connectivity index (χ1v) is 22.9. The summed E-state index contributed by atoms with van der Waals surface area (Å²) >= 11 is 0. The highest BCUT2D eigenvalue weighted by Crippen LogP contribution is 2.37. The zero-order chi connectivity index (χ0) is 43.8. The van der Waals surface area contributed by atoms with Crippen molar-refractivity contribution in [1.29, 1.82) is 0 Å². The number of aliphatic carboxylic acids is 1. The molecule has 0 spiro atoms. The fourth-order valence-electron chi connectivity index (χ4n) is 9.79. The number of unbranched alkanes of at least 4 members (excludes halogenated alkanes) is 2. The van der Waals surface area contributed by atoms with Crippen molar-refractivity contribution < 1.29 is 40.5 Å². The Hall–Kier alpha value is -3.79. The number of aliphatic hydroxyl groups is 5. The number of aliphatic hydroxyl groups excluding tert-OH is 4. The Kier molecular flexibility index (Phi) is 19.1. The Morgan fingerprint density at radius 1 is 1.02 bits per heavy atom. The number of aryl methyl sites for hydroxylation is 1. The van der Waals surface area contributed by atoms with Gasteiger partial charge >= 0.3 is 5.97 Å². The van der Waals surface area contributed by atoms with E-state index in [2.05, 4.69) is 48.5 Å². The number of hydrogen-bond donors (Lipinski definition) is 9. The van der Waals surface area contributed by atoms with Crippen molar-refractivity contribution in [1.82, 2.24) is 10.6 Å². The van der Waals surface area contributed by atoms with Crippen LogP contribution in [0.4, 0.5) is 0 Å². The molecule has 0 unspecified atom stereocenters. The van der Waals surface area contributed by atoms with Gasteiger partial charge in [-0.25, -0.2) is 0 Å². The third-order valence-electron chi connectivity index (χ3n) is 13.1. The average molecular weight is 841 g/mol. The van der Waals surface area contributed by atoms with Crippen molar-refractivity contribution in [2.24, 2.45) is 11.8 Å². The van der Waals surface area contributed by atoms with Gasteiger partial charge in [0.2, 0.25) is 0 Å². The number of rotatable bonds is 19. The molecule has 61 heavy (non-hydrogen) atoms. The molecule has 10 heteroatoms. The summed E-state index contributed by atoms with van der Waals surface area (Å²) in [5, 5.41) is 83.7. The van der Waals surface area contributed by atoms with E-state index in [0.29, 0.717) is 44.9 Å². The van der Waals surface area contributed by atoms with Gasteiger partial charge in [-0.3, -0.25) is 4.79 Å². The predicted octanol–water partition coefficient (Wildman–Crippen LogP) is 6.43. The number of carbonyl (C=O) groups is 1. The molecule has 5 rings (SSSR count). The molecule has 0 radical (unpaired) electrons. The van der Waals surface area contributed by atoms with Crippen molar-refractivity contribution in [3.63, 3.8) is 0 Å². The summed E-state index contributed by atoms with van der Waals surface area (Å²) < 4.78 is 0. The average Bonchev–Trinajstić information content (AvgIpc) is 3.40. The van der Waals surface area contributed by atoms with Crippen molar-refractivity contribution in [2.75, 3.05) is 13.2 Å². The van der Waals surface area contributed by atoms with Gasteiger partial charge in [0, 0.05) is 43.1 Å². The van der Waals surface area contributed by atoms with Crippen molar-refractivity contribution in [3.8, 4) is 17.6 Å². The maximum absolute atomic E-state index is 13.0. The molecule has 2 heterocycles. The molecule has 10 nitrogen and oxygen atoms in total. The van der Waals surface area contributed by atoms with Crippen LogP contribution < -0.4 is 10.6 Å². The molecule has 1 saturated heterocycles. The number of phenols is 1. The Morgan fingerprint density at radius 3 is 2.61 bits per heavy atom. The monoisotopic (exact) mass is 841 g/mol. The summed E-state index contributed by atoms with van der Waals surface area (Å²) in [6, 6.07) is 12.4. The number of phenolic OH excluding ortho intramolecular Hbond substituents is 1. The lowest BCUT2D eigenvalue weighted by Gasteiger charge is -2.44. The van der Waals surface area contributed by atoms with Gasteiger partial charge in [-0.15, -0.1) is 0 Å². The minimum absolute atomic E-state index is 0.00245. The molecule has 2 aromatic carbocycles. The molecule has 1 fully saturated rings. The second-order valence-corrected chi connectivity index (χ2v) is 17.9. The van der Waals surface area contributed by atoms with E-state index in [4.69, 9.17) is 0 Å². The predicted molar refractivity (Wildman–Crippen MR) is 241 cm³/mol. The van der Waals surface area contributed by atoms with Crippen LogP contribution in [0.3, 0.4) is 0 Å². The van der Waals surface area contributed by atoms with Crippen LogP contribution in [0.25, 0.3) is 0 Å². The number of nitrogens with one attached hydrogen (secondary N) is 2. The first-order chi connectivity index (χ1) is 29.4. The van der Waals surface area contributed by atoms with Gasteiger partial charge < -0.3 is 46.4 Å². The number of carboxylic acid groups (broad SMARTS) is 1. The van der Waals surface area contributed by atoms with E-state index in [9.17, 15) is 40.5 Å². The maximum atomic E-state index is 13.0. The van der Waals surface area contributed by atoms with Crippen LogP contribution in [-0.2, 0) is 24.1 Å². The van der Waals surface area contributed by atoms with Gasteiger partial charge in [-0.05, 0) is 123 Å². The minimum atomic E-state index is -1.37. The molecule has 0 aromatic heterocycles. The molecule has 9 N–H and O–H groups in total. The van der Waals surface area contributed by atoms with Crippen molar-refractivity contribution in [2.45, 2.75) is 165 Å². The minimum Gasteiger partial charge on any atom is -0.508 e. The SMILES string of the molecule is CCCCC[C@H](O)/C=C/C1=C(\C[C@H](O)CO)[C@H](CCC[C@@H]2N[C@H](C)CCC[C@H]2CC(=O)O)N[C@H]2[C@@H](C#Cc3ccccc3CC1)C=CC[C@]2(O)Cc1ccc(O)cc1CCO. The first-order valence-electron chi connectivity index (χ1n) is 22.9. The molecular weight excluding hydrogens is 769 g/mol. The van der Waals surface area contributed by atoms with E-state index >= 15 is 0 Å². The number of fused-ring (bicyclic) bond motifs is 2. The van der Waals surface area contributed by atoms with Crippen molar-refractivity contribution >= 4 is 5.97 Å². The standard InChI is InChI=1S/C51H72N2O8/c1-3-4-5-16-43(56)25-23-38-21-19-36-12-6-7-13-37(36)20-22-39-15-10-28-51(61,33-42-24-26-44(57)30-40(42)27-29-54)50(39)53-48(46(38)32-45(58)34-55)18-9-17-47-41(31-49(59)60)14-8-11-35(2)52-47/h6-7,10,12-13,15,23-26,30,35,39,41,43,45,47-48,50,52-58,61H,3-5,8-9,11,14,16-19,21,27-29,31-34H2,1-2H3,(H,59,60)/b25-23+,46-38+/t35-,39-,41+,43+,45+,47+,48+,50+,51+/m1/s1. The Morgan fingerprint density at radius 2 is 1.84 bits per heavy atom. The summed E-state index contributed by atoms with van der Waals surface area (Å²) in [6.07, 6.45) is 17.0. The van der Waals surface area contributed by atoms with Crippen LogP contribution in [0.15, 0.2) is 77.9 Å². The van der Waals surface area contributed by atoms with Gasteiger partial charge in [0.1, 0.15) is 5.75 Å². The lowest BCUT2D eigenvalue weighted by Crippen LogP contribution is -2.59.